The van der Waals surface area contributed by atoms with Crippen LogP contribution < -0.4 is 0 Å². The minimum Gasteiger partial charge on any atom is -0.478 e. The summed E-state index contributed by atoms with van der Waals surface area (Å²) in [6, 6.07) is 0. The van der Waals surface area contributed by atoms with Crippen LogP contribution in [0, 0.1) is 0 Å². The van der Waals surface area contributed by atoms with Gasteiger partial charge in [-0.1, -0.05) is 0 Å². The molecule has 1 aliphatic heterocycles. The van der Waals surface area contributed by atoms with E-state index < -0.39 is 5.97 Å². The van der Waals surface area contributed by atoms with Crippen LogP contribution in [0.5, 0.6) is 0 Å². The number of hydrogen-bond donors (Lipinski definition) is 1. The maximum Gasteiger partial charge on any atom is 0.328 e. The van der Waals surface area contributed by atoms with Crippen LogP contribution in [0.4, 0.5) is 0 Å². The number of aromatic nitrogens is 2. The maximum atomic E-state index is 10.4. The summed E-state index contributed by atoms with van der Waals surface area (Å²) in [7, 11) is 0. The van der Waals surface area contributed by atoms with E-state index in [1.54, 1.807) is 10.9 Å². The molecule has 5 nitrogen and oxygen atoms in total. The van der Waals surface area contributed by atoms with E-state index in [0.717, 1.165) is 37.6 Å². The van der Waals surface area contributed by atoms with Crippen molar-refractivity contribution >= 4 is 12.0 Å². The number of aliphatic carboxylic acids is 1. The molecule has 1 aromatic rings. The van der Waals surface area contributed by atoms with Gasteiger partial charge in [-0.15, -0.1) is 0 Å². The van der Waals surface area contributed by atoms with Crippen molar-refractivity contribution in [2.45, 2.75) is 31.9 Å². The second kappa shape index (κ2) is 5.63. The number of carboxylic acids is 1. The third-order valence-corrected chi connectivity index (χ3v) is 2.74. The predicted octanol–water partition coefficient (Wildman–Crippen LogP) is 1.55. The molecule has 1 aliphatic rings. The molecule has 2 heterocycles. The van der Waals surface area contributed by atoms with Gasteiger partial charge in [-0.3, -0.25) is 4.68 Å². The molecule has 1 N–H and O–H groups in total. The number of nitrogens with zero attached hydrogens (tertiary/aromatic N) is 2. The van der Waals surface area contributed by atoms with Crippen LogP contribution in [-0.2, 0) is 16.1 Å². The first kappa shape index (κ1) is 11.9. The van der Waals surface area contributed by atoms with Crippen LogP contribution in [0.25, 0.3) is 6.08 Å². The fourth-order valence-corrected chi connectivity index (χ4v) is 1.89. The van der Waals surface area contributed by atoms with Crippen LogP contribution in [0.3, 0.4) is 0 Å². The first-order valence-corrected chi connectivity index (χ1v) is 5.79. The molecule has 0 saturated carbocycles. The minimum absolute atomic E-state index is 0.236. The molecule has 0 aromatic carbocycles. The van der Waals surface area contributed by atoms with Gasteiger partial charge in [-0.25, -0.2) is 4.79 Å². The lowest BCUT2D eigenvalue weighted by molar-refractivity contribution is -0.131. The van der Waals surface area contributed by atoms with Gasteiger partial charge in [0.25, 0.3) is 0 Å². The highest BCUT2D eigenvalue weighted by molar-refractivity contribution is 5.85. The topological polar surface area (TPSA) is 64.3 Å². The first-order valence-electron chi connectivity index (χ1n) is 5.79. The Morgan fingerprint density at radius 3 is 3.24 bits per heavy atom. The van der Waals surface area contributed by atoms with Crippen molar-refractivity contribution in [2.24, 2.45) is 0 Å². The largest absolute Gasteiger partial charge is 0.478 e. The van der Waals surface area contributed by atoms with E-state index >= 15 is 0 Å². The lowest BCUT2D eigenvalue weighted by Crippen LogP contribution is -2.24. The summed E-state index contributed by atoms with van der Waals surface area (Å²) >= 11 is 0. The molecule has 0 unspecified atom stereocenters. The van der Waals surface area contributed by atoms with Crippen LogP contribution >= 0.6 is 0 Å². The van der Waals surface area contributed by atoms with Gasteiger partial charge in [0.2, 0.25) is 0 Å². The summed E-state index contributed by atoms with van der Waals surface area (Å²) in [6.07, 6.45) is 9.78. The summed E-state index contributed by atoms with van der Waals surface area (Å²) in [5.41, 5.74) is 0.795. The highest BCUT2D eigenvalue weighted by Crippen LogP contribution is 2.14. The zero-order valence-electron chi connectivity index (χ0n) is 9.58. The second-order valence-corrected chi connectivity index (χ2v) is 4.16. The van der Waals surface area contributed by atoms with Crippen molar-refractivity contribution in [3.05, 3.63) is 24.0 Å². The van der Waals surface area contributed by atoms with Crippen molar-refractivity contribution in [1.29, 1.82) is 0 Å². The molecule has 0 bridgehead atoms. The highest BCUT2D eigenvalue weighted by atomic mass is 16.5. The van der Waals surface area contributed by atoms with Gasteiger partial charge >= 0.3 is 5.97 Å². The smallest absolute Gasteiger partial charge is 0.328 e. The number of rotatable bonds is 4. The molecule has 0 amide bonds. The van der Waals surface area contributed by atoms with E-state index in [1.807, 2.05) is 6.20 Å². The summed E-state index contributed by atoms with van der Waals surface area (Å²) in [4.78, 5) is 10.4. The average molecular weight is 236 g/mol. The molecule has 17 heavy (non-hydrogen) atoms. The molecular formula is C12H16N2O3. The lowest BCUT2D eigenvalue weighted by atomic mass is 10.1. The fourth-order valence-electron chi connectivity index (χ4n) is 1.89. The van der Waals surface area contributed by atoms with Crippen molar-refractivity contribution in [3.63, 3.8) is 0 Å². The summed E-state index contributed by atoms with van der Waals surface area (Å²) < 4.78 is 7.42. The second-order valence-electron chi connectivity index (χ2n) is 4.16. The molecule has 0 radical (unpaired) electrons. The zero-order chi connectivity index (χ0) is 12.1. The van der Waals surface area contributed by atoms with Crippen LogP contribution in [0.15, 0.2) is 18.5 Å². The highest BCUT2D eigenvalue weighted by Gasteiger charge is 2.14. The third kappa shape index (κ3) is 3.71. The van der Waals surface area contributed by atoms with Crippen molar-refractivity contribution in [3.8, 4) is 0 Å². The van der Waals surface area contributed by atoms with Gasteiger partial charge < -0.3 is 9.84 Å². The van der Waals surface area contributed by atoms with E-state index in [2.05, 4.69) is 5.10 Å². The third-order valence-electron chi connectivity index (χ3n) is 2.74. The minimum atomic E-state index is -0.951. The van der Waals surface area contributed by atoms with Gasteiger partial charge in [0.05, 0.1) is 18.8 Å². The van der Waals surface area contributed by atoms with Gasteiger partial charge in [0, 0.05) is 24.4 Å². The number of hydrogen-bond acceptors (Lipinski definition) is 3. The monoisotopic (exact) mass is 236 g/mol. The molecule has 5 heteroatoms. The maximum absolute atomic E-state index is 10.4. The Hall–Kier alpha value is -1.62. The average Bonchev–Trinajstić information content (AvgIpc) is 2.75. The molecule has 1 aromatic heterocycles. The Morgan fingerprint density at radius 1 is 1.65 bits per heavy atom. The number of ether oxygens (including phenoxy) is 1. The zero-order valence-corrected chi connectivity index (χ0v) is 9.58. The summed E-state index contributed by atoms with van der Waals surface area (Å²) in [5.74, 6) is -0.951. The van der Waals surface area contributed by atoms with Gasteiger partial charge in [0.1, 0.15) is 0 Å². The molecule has 1 fully saturated rings. The summed E-state index contributed by atoms with van der Waals surface area (Å²) in [6.45, 7) is 1.57. The molecule has 92 valence electrons. The SMILES string of the molecule is O=C(O)/C=C/c1cnn(C[C@@H]2CCCCO2)c1. The van der Waals surface area contributed by atoms with Crippen LogP contribution in [-0.4, -0.2) is 33.6 Å². The van der Waals surface area contributed by atoms with Gasteiger partial charge in [-0.2, -0.15) is 5.10 Å². The van der Waals surface area contributed by atoms with Gasteiger partial charge in [-0.05, 0) is 25.3 Å². The standard InChI is InChI=1S/C12H16N2O3/c15-12(16)5-4-10-7-13-14(8-10)9-11-3-1-2-6-17-11/h4-5,7-8,11H,1-3,6,9H2,(H,15,16)/b5-4+/t11-/m0/s1. The summed E-state index contributed by atoms with van der Waals surface area (Å²) in [5, 5.41) is 12.7. The molecule has 1 saturated heterocycles. The first-order chi connectivity index (χ1) is 8.24. The van der Waals surface area contributed by atoms with Crippen molar-refractivity contribution in [2.75, 3.05) is 6.61 Å². The number of carboxylic acid groups (broad SMARTS) is 1. The van der Waals surface area contributed by atoms with E-state index in [4.69, 9.17) is 9.84 Å². The molecule has 0 aliphatic carbocycles. The van der Waals surface area contributed by atoms with E-state index in [-0.39, 0.29) is 6.10 Å². The van der Waals surface area contributed by atoms with Crippen LogP contribution in [0.1, 0.15) is 24.8 Å². The Labute approximate surface area is 99.7 Å². The lowest BCUT2D eigenvalue weighted by Gasteiger charge is -2.22. The molecule has 1 atom stereocenters. The number of carbonyl (C=O) groups is 1. The Bertz CT molecular complexity index is 406. The normalized spacial score (nSPS) is 20.8. The van der Waals surface area contributed by atoms with E-state index in [1.165, 1.54) is 12.5 Å². The van der Waals surface area contributed by atoms with Crippen molar-refractivity contribution < 1.29 is 14.6 Å². The molecular weight excluding hydrogens is 220 g/mol. The van der Waals surface area contributed by atoms with E-state index in [0.29, 0.717) is 0 Å². The Morgan fingerprint density at radius 2 is 2.53 bits per heavy atom. The quantitative estimate of drug-likeness (QED) is 0.805. The predicted molar refractivity (Wildman–Crippen MR) is 62.5 cm³/mol. The van der Waals surface area contributed by atoms with Gasteiger partial charge in [0.15, 0.2) is 0 Å². The Kier molecular flexibility index (Phi) is 3.93. The van der Waals surface area contributed by atoms with Crippen LogP contribution in [0.2, 0.25) is 0 Å². The molecule has 2 rings (SSSR count). The van der Waals surface area contributed by atoms with E-state index in [9.17, 15) is 4.79 Å². The fraction of sp³-hybridized carbons (Fsp3) is 0.500. The molecule has 0 spiro atoms. The van der Waals surface area contributed by atoms with Crippen molar-refractivity contribution in [1.82, 2.24) is 9.78 Å². The Balaban J connectivity index is 1.91.